The molecule has 1 fully saturated rings. The number of nitrogens with one attached hydrogen (secondary N) is 1. The summed E-state index contributed by atoms with van der Waals surface area (Å²) in [5.74, 6) is -0.0692. The molecule has 106 valence electrons. The smallest absolute Gasteiger partial charge is 0.238 e. The van der Waals surface area contributed by atoms with Crippen molar-refractivity contribution in [1.29, 1.82) is 5.26 Å². The van der Waals surface area contributed by atoms with Gasteiger partial charge in [0.15, 0.2) is 0 Å². The van der Waals surface area contributed by atoms with E-state index < -0.39 is 0 Å². The number of carbonyl (C=O) groups is 1. The Bertz CT molecular complexity index is 536. The Kier molecular flexibility index (Phi) is 4.99. The van der Waals surface area contributed by atoms with Gasteiger partial charge in [0.25, 0.3) is 0 Å². The van der Waals surface area contributed by atoms with E-state index in [1.807, 2.05) is 0 Å². The summed E-state index contributed by atoms with van der Waals surface area (Å²) in [6, 6.07) is 7.86. The fourth-order valence-electron chi connectivity index (χ4n) is 2.03. The standard InChI is InChI=1S/C14H17BrN4O/c15-12-8-10(17)2-5-13(12)18-14(20)9-19(7-1-6-16)11-3-4-11/h2,5,8,11H,1,3-4,7,9,17H2,(H,18,20). The van der Waals surface area contributed by atoms with Crippen LogP contribution in [0.25, 0.3) is 0 Å². The lowest BCUT2D eigenvalue weighted by Crippen LogP contribution is -2.35. The molecule has 1 aromatic carbocycles. The number of carbonyl (C=O) groups excluding carboxylic acids is 1. The lowest BCUT2D eigenvalue weighted by molar-refractivity contribution is -0.117. The molecule has 0 atom stereocenters. The molecule has 1 aliphatic carbocycles. The highest BCUT2D eigenvalue weighted by Gasteiger charge is 2.29. The summed E-state index contributed by atoms with van der Waals surface area (Å²) >= 11 is 3.37. The fourth-order valence-corrected chi connectivity index (χ4v) is 2.53. The van der Waals surface area contributed by atoms with Crippen molar-refractivity contribution in [3.63, 3.8) is 0 Å². The van der Waals surface area contributed by atoms with Gasteiger partial charge in [-0.15, -0.1) is 0 Å². The number of nitriles is 1. The molecule has 0 spiro atoms. The predicted octanol–water partition coefficient (Wildman–Crippen LogP) is 2.35. The van der Waals surface area contributed by atoms with E-state index in [9.17, 15) is 4.79 Å². The van der Waals surface area contributed by atoms with Crippen LogP contribution in [0.3, 0.4) is 0 Å². The predicted molar refractivity (Wildman–Crippen MR) is 82.0 cm³/mol. The molecule has 0 aromatic heterocycles. The van der Waals surface area contributed by atoms with E-state index in [2.05, 4.69) is 32.2 Å². The normalized spacial score (nSPS) is 14.1. The molecule has 0 bridgehead atoms. The maximum absolute atomic E-state index is 12.1. The van der Waals surface area contributed by atoms with E-state index in [0.29, 0.717) is 36.9 Å². The van der Waals surface area contributed by atoms with E-state index in [1.165, 1.54) is 0 Å². The van der Waals surface area contributed by atoms with E-state index in [4.69, 9.17) is 11.0 Å². The number of amides is 1. The van der Waals surface area contributed by atoms with Crippen molar-refractivity contribution in [2.75, 3.05) is 24.1 Å². The lowest BCUT2D eigenvalue weighted by atomic mass is 10.3. The van der Waals surface area contributed by atoms with E-state index in [0.717, 1.165) is 17.3 Å². The number of hydrogen-bond acceptors (Lipinski definition) is 4. The van der Waals surface area contributed by atoms with Gasteiger partial charge in [0, 0.05) is 29.2 Å². The van der Waals surface area contributed by atoms with Crippen LogP contribution in [0.1, 0.15) is 19.3 Å². The molecular formula is C14H17BrN4O. The highest BCUT2D eigenvalue weighted by Crippen LogP contribution is 2.27. The van der Waals surface area contributed by atoms with Gasteiger partial charge in [-0.2, -0.15) is 5.26 Å². The van der Waals surface area contributed by atoms with Crippen molar-refractivity contribution in [2.45, 2.75) is 25.3 Å². The van der Waals surface area contributed by atoms with Gasteiger partial charge in [0.05, 0.1) is 18.3 Å². The Morgan fingerprint density at radius 1 is 1.55 bits per heavy atom. The zero-order valence-electron chi connectivity index (χ0n) is 11.1. The Labute approximate surface area is 126 Å². The van der Waals surface area contributed by atoms with Crippen molar-refractivity contribution in [2.24, 2.45) is 0 Å². The van der Waals surface area contributed by atoms with Crippen LogP contribution in [0.2, 0.25) is 0 Å². The van der Waals surface area contributed by atoms with Gasteiger partial charge in [-0.25, -0.2) is 0 Å². The summed E-state index contributed by atoms with van der Waals surface area (Å²) in [6.45, 7) is 0.973. The van der Waals surface area contributed by atoms with Crippen LogP contribution in [0.4, 0.5) is 11.4 Å². The molecular weight excluding hydrogens is 320 g/mol. The van der Waals surface area contributed by atoms with Crippen LogP contribution in [-0.4, -0.2) is 29.9 Å². The van der Waals surface area contributed by atoms with Gasteiger partial charge in [0.2, 0.25) is 5.91 Å². The quantitative estimate of drug-likeness (QED) is 0.781. The third kappa shape index (κ3) is 4.22. The van der Waals surface area contributed by atoms with Gasteiger partial charge in [0.1, 0.15) is 0 Å². The molecule has 1 aromatic rings. The largest absolute Gasteiger partial charge is 0.399 e. The Morgan fingerprint density at radius 2 is 2.30 bits per heavy atom. The van der Waals surface area contributed by atoms with Gasteiger partial charge < -0.3 is 11.1 Å². The second kappa shape index (κ2) is 6.73. The third-order valence-electron chi connectivity index (χ3n) is 3.19. The number of benzene rings is 1. The molecule has 6 heteroatoms. The number of hydrogen-bond donors (Lipinski definition) is 2. The minimum Gasteiger partial charge on any atom is -0.399 e. The third-order valence-corrected chi connectivity index (χ3v) is 3.84. The molecule has 0 radical (unpaired) electrons. The van der Waals surface area contributed by atoms with Crippen LogP contribution in [0.5, 0.6) is 0 Å². The van der Waals surface area contributed by atoms with E-state index >= 15 is 0 Å². The van der Waals surface area contributed by atoms with Crippen LogP contribution < -0.4 is 11.1 Å². The molecule has 20 heavy (non-hydrogen) atoms. The molecule has 2 rings (SSSR count). The highest BCUT2D eigenvalue weighted by molar-refractivity contribution is 9.10. The van der Waals surface area contributed by atoms with E-state index in [1.54, 1.807) is 18.2 Å². The van der Waals surface area contributed by atoms with Gasteiger partial charge >= 0.3 is 0 Å². The fraction of sp³-hybridized carbons (Fsp3) is 0.429. The Morgan fingerprint density at radius 3 is 2.90 bits per heavy atom. The molecule has 5 nitrogen and oxygen atoms in total. The first-order valence-electron chi connectivity index (χ1n) is 6.56. The molecule has 1 aliphatic rings. The van der Waals surface area contributed by atoms with Crippen LogP contribution >= 0.6 is 15.9 Å². The second-order valence-electron chi connectivity index (χ2n) is 4.90. The first kappa shape index (κ1) is 14.8. The van der Waals surface area contributed by atoms with Crippen LogP contribution in [0, 0.1) is 11.3 Å². The maximum atomic E-state index is 12.1. The minimum atomic E-state index is -0.0692. The number of nitrogens with zero attached hydrogens (tertiary/aromatic N) is 2. The van der Waals surface area contributed by atoms with Gasteiger partial charge in [-0.1, -0.05) is 0 Å². The van der Waals surface area contributed by atoms with Crippen molar-refractivity contribution in [3.05, 3.63) is 22.7 Å². The SMILES string of the molecule is N#CCCN(CC(=O)Nc1ccc(N)cc1Br)C1CC1. The maximum Gasteiger partial charge on any atom is 0.238 e. The number of nitrogens with two attached hydrogens (primary N) is 1. The summed E-state index contributed by atoms with van der Waals surface area (Å²) < 4.78 is 0.765. The summed E-state index contributed by atoms with van der Waals surface area (Å²) in [6.07, 6.45) is 2.68. The van der Waals surface area contributed by atoms with Crippen LogP contribution in [0.15, 0.2) is 22.7 Å². The van der Waals surface area contributed by atoms with E-state index in [-0.39, 0.29) is 5.91 Å². The number of nitrogen functional groups attached to an aromatic ring is 1. The molecule has 3 N–H and O–H groups in total. The zero-order chi connectivity index (χ0) is 14.5. The van der Waals surface area contributed by atoms with Gasteiger partial charge in [-0.05, 0) is 47.0 Å². The zero-order valence-corrected chi connectivity index (χ0v) is 12.7. The Balaban J connectivity index is 1.92. The monoisotopic (exact) mass is 336 g/mol. The lowest BCUT2D eigenvalue weighted by Gasteiger charge is -2.20. The molecule has 0 unspecified atom stereocenters. The number of rotatable bonds is 6. The first-order valence-corrected chi connectivity index (χ1v) is 7.35. The Hall–Kier alpha value is -1.58. The first-order chi connectivity index (χ1) is 9.60. The summed E-state index contributed by atoms with van der Waals surface area (Å²) in [7, 11) is 0. The van der Waals surface area contributed by atoms with Crippen molar-refractivity contribution < 1.29 is 4.79 Å². The van der Waals surface area contributed by atoms with Crippen molar-refractivity contribution in [3.8, 4) is 6.07 Å². The molecule has 0 heterocycles. The molecule has 1 saturated carbocycles. The summed E-state index contributed by atoms with van der Waals surface area (Å²) in [5, 5.41) is 11.5. The van der Waals surface area contributed by atoms with Crippen molar-refractivity contribution in [1.82, 2.24) is 4.90 Å². The van der Waals surface area contributed by atoms with Crippen LogP contribution in [-0.2, 0) is 4.79 Å². The van der Waals surface area contributed by atoms with Gasteiger partial charge in [-0.3, -0.25) is 9.69 Å². The number of halogens is 1. The summed E-state index contributed by atoms with van der Waals surface area (Å²) in [5.41, 5.74) is 7.01. The molecule has 0 aliphatic heterocycles. The topological polar surface area (TPSA) is 82.2 Å². The average molecular weight is 337 g/mol. The summed E-state index contributed by atoms with van der Waals surface area (Å²) in [4.78, 5) is 14.1. The average Bonchev–Trinajstić information content (AvgIpc) is 3.22. The van der Waals surface area contributed by atoms with Crippen molar-refractivity contribution >= 4 is 33.2 Å². The second-order valence-corrected chi connectivity index (χ2v) is 5.75. The molecule has 0 saturated heterocycles. The highest BCUT2D eigenvalue weighted by atomic mass is 79.9. The molecule has 1 amide bonds. The minimum absolute atomic E-state index is 0.0692. The number of anilines is 2.